The predicted octanol–water partition coefficient (Wildman–Crippen LogP) is 2.87. The van der Waals surface area contributed by atoms with Crippen molar-refractivity contribution >= 4 is 11.0 Å². The molecule has 0 aliphatic heterocycles. The third-order valence-electron chi connectivity index (χ3n) is 3.55. The summed E-state index contributed by atoms with van der Waals surface area (Å²) in [7, 11) is 2.00. The summed E-state index contributed by atoms with van der Waals surface area (Å²) in [5.74, 6) is 0.722. The summed E-state index contributed by atoms with van der Waals surface area (Å²) in [6, 6.07) is 10.3. The highest BCUT2D eigenvalue weighted by atomic mass is 15.0. The molecule has 0 saturated heterocycles. The first kappa shape index (κ1) is 11.5. The highest BCUT2D eigenvalue weighted by Gasteiger charge is 2.15. The van der Waals surface area contributed by atoms with Crippen LogP contribution in [-0.2, 0) is 7.05 Å². The zero-order valence-electron chi connectivity index (χ0n) is 10.9. The van der Waals surface area contributed by atoms with Gasteiger partial charge in [0.25, 0.3) is 0 Å². The number of nitrogens with zero attached hydrogens (tertiary/aromatic N) is 3. The van der Waals surface area contributed by atoms with Crippen LogP contribution in [0.5, 0.6) is 0 Å². The van der Waals surface area contributed by atoms with Gasteiger partial charge in [0.2, 0.25) is 0 Å². The molecule has 0 radical (unpaired) electrons. The minimum atomic E-state index is -0.252. The smallest absolute Gasteiger partial charge is 0.106 e. The number of rotatable bonds is 2. The number of aromatic amines is 1. The largest absolute Gasteiger partial charge is 0.367 e. The van der Waals surface area contributed by atoms with Gasteiger partial charge >= 0.3 is 0 Å². The van der Waals surface area contributed by atoms with Gasteiger partial charge in [-0.25, -0.2) is 4.98 Å². The molecule has 1 unspecified atom stereocenters. The molecule has 4 heteroatoms. The molecule has 0 saturated carbocycles. The van der Waals surface area contributed by atoms with Gasteiger partial charge in [0, 0.05) is 19.4 Å². The van der Waals surface area contributed by atoms with Crippen LogP contribution in [0.3, 0.4) is 0 Å². The van der Waals surface area contributed by atoms with E-state index in [1.165, 1.54) is 0 Å². The molecule has 0 bridgehead atoms. The predicted molar refractivity (Wildman–Crippen MR) is 73.7 cm³/mol. The van der Waals surface area contributed by atoms with Crippen LogP contribution in [-0.4, -0.2) is 14.5 Å². The maximum absolute atomic E-state index is 9.39. The number of hydrogen-bond acceptors (Lipinski definition) is 2. The Labute approximate surface area is 111 Å². The van der Waals surface area contributed by atoms with Crippen LogP contribution in [0.1, 0.15) is 22.9 Å². The molecule has 3 rings (SSSR count). The molecule has 2 heterocycles. The second-order valence-corrected chi connectivity index (χ2v) is 4.67. The number of aryl methyl sites for hydroxylation is 2. The van der Waals surface area contributed by atoms with Gasteiger partial charge in [0.1, 0.15) is 5.82 Å². The number of benzene rings is 1. The number of aromatic nitrogens is 3. The van der Waals surface area contributed by atoms with Crippen molar-refractivity contribution in [3.63, 3.8) is 0 Å². The van der Waals surface area contributed by atoms with Gasteiger partial charge in [-0.1, -0.05) is 6.07 Å². The van der Waals surface area contributed by atoms with Crippen molar-refractivity contribution in [1.82, 2.24) is 14.5 Å². The minimum Gasteiger partial charge on any atom is -0.367 e. The molecule has 0 aliphatic rings. The van der Waals surface area contributed by atoms with E-state index in [-0.39, 0.29) is 5.92 Å². The SMILES string of the molecule is Cc1nc2cc(C(C#N)c3cc[nH]c3)ccc2n1C. The topological polar surface area (TPSA) is 57.4 Å². The minimum absolute atomic E-state index is 0.252. The van der Waals surface area contributed by atoms with Crippen LogP contribution in [0, 0.1) is 18.3 Å². The van der Waals surface area contributed by atoms with E-state index in [1.54, 1.807) is 0 Å². The van der Waals surface area contributed by atoms with Gasteiger partial charge in [0.05, 0.1) is 23.0 Å². The Morgan fingerprint density at radius 2 is 2.16 bits per heavy atom. The number of nitriles is 1. The molecular weight excluding hydrogens is 236 g/mol. The van der Waals surface area contributed by atoms with Gasteiger partial charge in [0.15, 0.2) is 0 Å². The Morgan fingerprint density at radius 3 is 2.84 bits per heavy atom. The van der Waals surface area contributed by atoms with E-state index >= 15 is 0 Å². The maximum atomic E-state index is 9.39. The lowest BCUT2D eigenvalue weighted by molar-refractivity contribution is 0.886. The van der Waals surface area contributed by atoms with Crippen LogP contribution in [0.2, 0.25) is 0 Å². The van der Waals surface area contributed by atoms with Crippen molar-refractivity contribution < 1.29 is 0 Å². The zero-order valence-corrected chi connectivity index (χ0v) is 10.9. The van der Waals surface area contributed by atoms with Gasteiger partial charge in [-0.2, -0.15) is 5.26 Å². The summed E-state index contributed by atoms with van der Waals surface area (Å²) < 4.78 is 2.05. The van der Waals surface area contributed by atoms with E-state index in [9.17, 15) is 5.26 Å². The fourth-order valence-corrected chi connectivity index (χ4v) is 2.37. The fraction of sp³-hybridized carbons (Fsp3) is 0.200. The summed E-state index contributed by atoms with van der Waals surface area (Å²) in [4.78, 5) is 7.51. The summed E-state index contributed by atoms with van der Waals surface area (Å²) in [6.07, 6.45) is 3.70. The van der Waals surface area contributed by atoms with Gasteiger partial charge in [-0.3, -0.25) is 0 Å². The van der Waals surface area contributed by atoms with Crippen LogP contribution in [0.4, 0.5) is 0 Å². The average molecular weight is 250 g/mol. The molecule has 1 N–H and O–H groups in total. The Kier molecular flexibility index (Phi) is 2.60. The van der Waals surface area contributed by atoms with Crippen LogP contribution >= 0.6 is 0 Å². The molecule has 2 aromatic heterocycles. The first-order valence-corrected chi connectivity index (χ1v) is 6.16. The lowest BCUT2D eigenvalue weighted by Gasteiger charge is -2.07. The van der Waals surface area contributed by atoms with Crippen molar-refractivity contribution in [2.45, 2.75) is 12.8 Å². The Morgan fingerprint density at radius 1 is 1.32 bits per heavy atom. The quantitative estimate of drug-likeness (QED) is 0.760. The number of hydrogen-bond donors (Lipinski definition) is 1. The molecule has 0 fully saturated rings. The van der Waals surface area contributed by atoms with E-state index in [0.29, 0.717) is 0 Å². The summed E-state index contributed by atoms with van der Waals surface area (Å²) >= 11 is 0. The van der Waals surface area contributed by atoms with E-state index in [4.69, 9.17) is 0 Å². The van der Waals surface area contributed by atoms with Crippen LogP contribution in [0.15, 0.2) is 36.7 Å². The summed E-state index contributed by atoms with van der Waals surface area (Å²) in [6.45, 7) is 1.98. The lowest BCUT2D eigenvalue weighted by Crippen LogP contribution is -1.97. The van der Waals surface area contributed by atoms with Gasteiger partial charge < -0.3 is 9.55 Å². The van der Waals surface area contributed by atoms with E-state index in [2.05, 4.69) is 20.6 Å². The third-order valence-corrected chi connectivity index (χ3v) is 3.55. The number of fused-ring (bicyclic) bond motifs is 1. The molecule has 0 spiro atoms. The van der Waals surface area contributed by atoms with Gasteiger partial charge in [-0.15, -0.1) is 0 Å². The first-order chi connectivity index (χ1) is 9.20. The molecule has 0 amide bonds. The standard InChI is InChI=1S/C15H14N4/c1-10-18-14-7-11(3-4-15(14)19(10)2)13(8-16)12-5-6-17-9-12/h3-7,9,13,17H,1-2H3. The third kappa shape index (κ3) is 1.80. The van der Waals surface area contributed by atoms with Crippen molar-refractivity contribution in [1.29, 1.82) is 5.26 Å². The highest BCUT2D eigenvalue weighted by molar-refractivity contribution is 5.77. The molecule has 1 atom stereocenters. The van der Waals surface area contributed by atoms with Crippen molar-refractivity contribution in [3.05, 3.63) is 53.6 Å². The van der Waals surface area contributed by atoms with Crippen molar-refractivity contribution in [2.75, 3.05) is 0 Å². The Bertz CT molecular complexity index is 759. The van der Waals surface area contributed by atoms with Crippen molar-refractivity contribution in [3.8, 4) is 6.07 Å². The molecule has 0 aliphatic carbocycles. The zero-order chi connectivity index (χ0) is 13.4. The van der Waals surface area contributed by atoms with E-state index < -0.39 is 0 Å². The molecule has 1 aromatic carbocycles. The Balaban J connectivity index is 2.13. The second-order valence-electron chi connectivity index (χ2n) is 4.67. The number of H-pyrrole nitrogens is 1. The van der Waals surface area contributed by atoms with Gasteiger partial charge in [-0.05, 0) is 36.2 Å². The molecule has 19 heavy (non-hydrogen) atoms. The molecule has 4 nitrogen and oxygen atoms in total. The summed E-state index contributed by atoms with van der Waals surface area (Å²) in [5.41, 5.74) is 3.99. The maximum Gasteiger partial charge on any atom is 0.106 e. The van der Waals surface area contributed by atoms with Crippen LogP contribution < -0.4 is 0 Å². The van der Waals surface area contributed by atoms with E-state index in [1.807, 2.05) is 50.6 Å². The Hall–Kier alpha value is -2.54. The first-order valence-electron chi connectivity index (χ1n) is 6.16. The second kappa shape index (κ2) is 4.29. The fourth-order valence-electron chi connectivity index (χ4n) is 2.37. The summed E-state index contributed by atoms with van der Waals surface area (Å²) in [5, 5.41) is 9.39. The molecule has 3 aromatic rings. The lowest BCUT2D eigenvalue weighted by atomic mass is 9.94. The molecule has 94 valence electrons. The molecular formula is C15H14N4. The van der Waals surface area contributed by atoms with Crippen molar-refractivity contribution in [2.24, 2.45) is 7.05 Å². The highest BCUT2D eigenvalue weighted by Crippen LogP contribution is 2.26. The average Bonchev–Trinajstić information content (AvgIpc) is 3.01. The van der Waals surface area contributed by atoms with E-state index in [0.717, 1.165) is 28.0 Å². The number of nitrogens with one attached hydrogen (secondary N) is 1. The normalized spacial score (nSPS) is 12.5. The number of imidazole rings is 1. The van der Waals surface area contributed by atoms with Crippen LogP contribution in [0.25, 0.3) is 11.0 Å². The monoisotopic (exact) mass is 250 g/mol.